The van der Waals surface area contributed by atoms with E-state index in [-0.39, 0.29) is 11.8 Å². The normalized spacial score (nSPS) is 29.4. The Labute approximate surface area is 98.7 Å². The quantitative estimate of drug-likeness (QED) is 0.741. The fourth-order valence-electron chi connectivity index (χ4n) is 2.12. The molecule has 1 aliphatic heterocycles. The summed E-state index contributed by atoms with van der Waals surface area (Å²) >= 11 is 1.52. The van der Waals surface area contributed by atoms with Gasteiger partial charge in [0.25, 0.3) is 0 Å². The molecule has 2 unspecified atom stereocenters. The molecule has 5 heteroatoms. The van der Waals surface area contributed by atoms with Crippen molar-refractivity contribution in [2.24, 2.45) is 5.92 Å². The van der Waals surface area contributed by atoms with Gasteiger partial charge in [-0.05, 0) is 19.3 Å². The van der Waals surface area contributed by atoms with Gasteiger partial charge < -0.3 is 10.0 Å². The fraction of sp³-hybridized carbons (Fsp3) is 0.636. The Morgan fingerprint density at radius 2 is 2.19 bits per heavy atom. The van der Waals surface area contributed by atoms with Crippen LogP contribution in [0.4, 0.5) is 0 Å². The highest BCUT2D eigenvalue weighted by molar-refractivity contribution is 7.99. The zero-order chi connectivity index (χ0) is 11.5. The van der Waals surface area contributed by atoms with Gasteiger partial charge in [-0.25, -0.2) is 4.79 Å². The van der Waals surface area contributed by atoms with Crippen LogP contribution in [0.3, 0.4) is 0 Å². The Hall–Kier alpha value is -0.970. The number of allylic oxidation sites excluding steroid dienone is 2. The number of carboxylic acid groups (broad SMARTS) is 1. The van der Waals surface area contributed by atoms with Gasteiger partial charge in [-0.3, -0.25) is 4.79 Å². The highest BCUT2D eigenvalue weighted by Crippen LogP contribution is 2.27. The Kier molecular flexibility index (Phi) is 3.53. The van der Waals surface area contributed by atoms with E-state index in [9.17, 15) is 9.59 Å². The first kappa shape index (κ1) is 11.5. The molecule has 0 aromatic carbocycles. The number of nitrogens with zero attached hydrogens (tertiary/aromatic N) is 1. The third-order valence-electron chi connectivity index (χ3n) is 3.07. The van der Waals surface area contributed by atoms with Crippen LogP contribution in [0.25, 0.3) is 0 Å². The molecule has 0 bridgehead atoms. The van der Waals surface area contributed by atoms with Crippen molar-refractivity contribution >= 4 is 23.6 Å². The maximum Gasteiger partial charge on any atom is 0.327 e. The van der Waals surface area contributed by atoms with Crippen molar-refractivity contribution in [3.63, 3.8) is 0 Å². The zero-order valence-electron chi connectivity index (χ0n) is 8.96. The van der Waals surface area contributed by atoms with E-state index in [1.165, 1.54) is 16.7 Å². The molecule has 2 aliphatic rings. The minimum Gasteiger partial charge on any atom is -0.480 e. The lowest BCUT2D eigenvalue weighted by atomic mass is 9.93. The van der Waals surface area contributed by atoms with Crippen molar-refractivity contribution in [1.82, 2.24) is 4.90 Å². The molecular formula is C11H15NO3S. The Bertz CT molecular complexity index is 329. The molecule has 1 fully saturated rings. The molecule has 0 aromatic heterocycles. The highest BCUT2D eigenvalue weighted by Gasteiger charge is 2.37. The first-order chi connectivity index (χ1) is 7.70. The highest BCUT2D eigenvalue weighted by atomic mass is 32.2. The topological polar surface area (TPSA) is 57.6 Å². The molecule has 1 amide bonds. The fourth-order valence-corrected chi connectivity index (χ4v) is 3.27. The van der Waals surface area contributed by atoms with Crippen LogP contribution in [-0.2, 0) is 9.59 Å². The molecule has 1 heterocycles. The molecule has 2 atom stereocenters. The van der Waals surface area contributed by atoms with Crippen molar-refractivity contribution in [1.29, 1.82) is 0 Å². The Morgan fingerprint density at radius 3 is 2.81 bits per heavy atom. The number of hydrogen-bond donors (Lipinski definition) is 1. The van der Waals surface area contributed by atoms with Crippen molar-refractivity contribution < 1.29 is 14.7 Å². The molecule has 1 saturated heterocycles. The van der Waals surface area contributed by atoms with E-state index in [4.69, 9.17) is 5.11 Å². The summed E-state index contributed by atoms with van der Waals surface area (Å²) in [6.07, 6.45) is 6.63. The predicted octanol–water partition coefficient (Wildman–Crippen LogP) is 1.33. The maximum absolute atomic E-state index is 12.1. The third kappa shape index (κ3) is 2.24. The lowest BCUT2D eigenvalue weighted by Gasteiger charge is -2.26. The number of hydrogen-bond acceptors (Lipinski definition) is 3. The number of amides is 1. The first-order valence-electron chi connectivity index (χ1n) is 5.46. The Morgan fingerprint density at radius 1 is 1.38 bits per heavy atom. The van der Waals surface area contributed by atoms with Gasteiger partial charge in [-0.15, -0.1) is 11.8 Å². The SMILES string of the molecule is O=C(O)C1CSCN1C(=O)C1CC=CCC1. The van der Waals surface area contributed by atoms with Crippen LogP contribution in [0.2, 0.25) is 0 Å². The summed E-state index contributed by atoms with van der Waals surface area (Å²) < 4.78 is 0. The predicted molar refractivity (Wildman–Crippen MR) is 62.1 cm³/mol. The number of carbonyl (C=O) groups excluding carboxylic acids is 1. The number of thioether (sulfide) groups is 1. The molecule has 0 radical (unpaired) electrons. The van der Waals surface area contributed by atoms with Gasteiger partial charge in [0.2, 0.25) is 5.91 Å². The summed E-state index contributed by atoms with van der Waals surface area (Å²) in [5.41, 5.74) is 0. The van der Waals surface area contributed by atoms with E-state index in [0.29, 0.717) is 11.6 Å². The van der Waals surface area contributed by atoms with E-state index in [2.05, 4.69) is 6.08 Å². The van der Waals surface area contributed by atoms with E-state index in [0.717, 1.165) is 19.3 Å². The number of carbonyl (C=O) groups is 2. The third-order valence-corrected chi connectivity index (χ3v) is 4.08. The van der Waals surface area contributed by atoms with Crippen molar-refractivity contribution in [2.75, 3.05) is 11.6 Å². The van der Waals surface area contributed by atoms with Gasteiger partial charge in [-0.2, -0.15) is 0 Å². The van der Waals surface area contributed by atoms with Crippen LogP contribution in [0.15, 0.2) is 12.2 Å². The molecule has 1 aliphatic carbocycles. The summed E-state index contributed by atoms with van der Waals surface area (Å²) in [6, 6.07) is -0.622. The summed E-state index contributed by atoms with van der Waals surface area (Å²) in [6.45, 7) is 0. The lowest BCUT2D eigenvalue weighted by molar-refractivity contribution is -0.149. The van der Waals surface area contributed by atoms with Crippen LogP contribution in [-0.4, -0.2) is 39.6 Å². The summed E-state index contributed by atoms with van der Waals surface area (Å²) in [5, 5.41) is 9.01. The van der Waals surface area contributed by atoms with E-state index >= 15 is 0 Å². The molecule has 4 nitrogen and oxygen atoms in total. The van der Waals surface area contributed by atoms with Crippen LogP contribution < -0.4 is 0 Å². The van der Waals surface area contributed by atoms with Gasteiger partial charge in [0.1, 0.15) is 6.04 Å². The summed E-state index contributed by atoms with van der Waals surface area (Å²) in [4.78, 5) is 24.6. The standard InChI is InChI=1S/C11H15NO3S/c13-10(8-4-2-1-3-5-8)12-7-16-6-9(12)11(14)15/h1-2,8-9H,3-7H2,(H,14,15). The van der Waals surface area contributed by atoms with Crippen LogP contribution in [0, 0.1) is 5.92 Å². The van der Waals surface area contributed by atoms with Gasteiger partial charge in [0.15, 0.2) is 0 Å². The van der Waals surface area contributed by atoms with Crippen LogP contribution in [0.5, 0.6) is 0 Å². The van der Waals surface area contributed by atoms with Crippen LogP contribution >= 0.6 is 11.8 Å². The van der Waals surface area contributed by atoms with E-state index in [1.807, 2.05) is 6.08 Å². The second-order valence-corrected chi connectivity index (χ2v) is 5.14. The second-order valence-electron chi connectivity index (χ2n) is 4.14. The van der Waals surface area contributed by atoms with Crippen molar-refractivity contribution in [3.8, 4) is 0 Å². The second kappa shape index (κ2) is 4.91. The van der Waals surface area contributed by atoms with Gasteiger partial charge >= 0.3 is 5.97 Å². The van der Waals surface area contributed by atoms with Crippen LogP contribution in [0.1, 0.15) is 19.3 Å². The molecule has 0 aromatic rings. The minimum absolute atomic E-state index is 0.00875. The monoisotopic (exact) mass is 241 g/mol. The summed E-state index contributed by atoms with van der Waals surface area (Å²) in [7, 11) is 0. The zero-order valence-corrected chi connectivity index (χ0v) is 9.78. The minimum atomic E-state index is -0.885. The van der Waals surface area contributed by atoms with E-state index < -0.39 is 12.0 Å². The lowest BCUT2D eigenvalue weighted by Crippen LogP contribution is -2.44. The Balaban J connectivity index is 2.03. The molecular weight excluding hydrogens is 226 g/mol. The molecule has 0 saturated carbocycles. The molecule has 1 N–H and O–H groups in total. The molecule has 88 valence electrons. The molecule has 16 heavy (non-hydrogen) atoms. The van der Waals surface area contributed by atoms with Gasteiger partial charge in [0, 0.05) is 11.7 Å². The average Bonchev–Trinajstić information content (AvgIpc) is 2.78. The average molecular weight is 241 g/mol. The van der Waals surface area contributed by atoms with Gasteiger partial charge in [-0.1, -0.05) is 12.2 Å². The van der Waals surface area contributed by atoms with Gasteiger partial charge in [0.05, 0.1) is 5.88 Å². The van der Waals surface area contributed by atoms with Crippen molar-refractivity contribution in [2.45, 2.75) is 25.3 Å². The smallest absolute Gasteiger partial charge is 0.327 e. The maximum atomic E-state index is 12.1. The first-order valence-corrected chi connectivity index (χ1v) is 6.61. The van der Waals surface area contributed by atoms with E-state index in [1.54, 1.807) is 0 Å². The molecule has 2 rings (SSSR count). The molecule has 0 spiro atoms. The number of rotatable bonds is 2. The number of carboxylic acids is 1. The number of aliphatic carboxylic acids is 1. The van der Waals surface area contributed by atoms with Crippen molar-refractivity contribution in [3.05, 3.63) is 12.2 Å². The summed E-state index contributed by atoms with van der Waals surface area (Å²) in [5.74, 6) is 0.164. The largest absolute Gasteiger partial charge is 0.480 e.